The molecule has 1 aromatic heterocycles. The number of thioether (sulfide) groups is 1. The number of hydrogen-bond donors (Lipinski definition) is 1. The van der Waals surface area contributed by atoms with Crippen LogP contribution in [0.25, 0.3) is 11.5 Å². The minimum atomic E-state index is -0.296. The standard InChI is InChI=1S/C16H21N3O2S/c1-5-16(3,4)17-13(20)11(2)22-15-19-18-14(21-15)12-9-7-6-8-10-12/h6-11H,5H2,1-4H3,(H,17,20). The van der Waals surface area contributed by atoms with E-state index in [1.165, 1.54) is 11.8 Å². The van der Waals surface area contributed by atoms with E-state index in [1.54, 1.807) is 0 Å². The third-order valence-corrected chi connectivity index (χ3v) is 4.35. The summed E-state index contributed by atoms with van der Waals surface area (Å²) in [5.74, 6) is 0.431. The molecule has 2 rings (SSSR count). The number of benzene rings is 1. The van der Waals surface area contributed by atoms with Crippen molar-refractivity contribution >= 4 is 17.7 Å². The highest BCUT2D eigenvalue weighted by molar-refractivity contribution is 8.00. The highest BCUT2D eigenvalue weighted by atomic mass is 32.2. The smallest absolute Gasteiger partial charge is 0.277 e. The van der Waals surface area contributed by atoms with Gasteiger partial charge < -0.3 is 9.73 Å². The van der Waals surface area contributed by atoms with E-state index >= 15 is 0 Å². The summed E-state index contributed by atoms with van der Waals surface area (Å²) in [5.41, 5.74) is 0.654. The van der Waals surface area contributed by atoms with Crippen LogP contribution in [0.15, 0.2) is 40.0 Å². The van der Waals surface area contributed by atoms with E-state index in [-0.39, 0.29) is 16.7 Å². The number of rotatable bonds is 6. The van der Waals surface area contributed by atoms with Crippen LogP contribution in [-0.4, -0.2) is 26.9 Å². The van der Waals surface area contributed by atoms with Crippen molar-refractivity contribution in [2.75, 3.05) is 0 Å². The van der Waals surface area contributed by atoms with E-state index in [4.69, 9.17) is 4.42 Å². The summed E-state index contributed by atoms with van der Waals surface area (Å²) in [6.45, 7) is 7.88. The van der Waals surface area contributed by atoms with Crippen molar-refractivity contribution in [2.24, 2.45) is 0 Å². The predicted octanol–water partition coefficient (Wildman–Crippen LogP) is 3.52. The Morgan fingerprint density at radius 3 is 2.64 bits per heavy atom. The van der Waals surface area contributed by atoms with E-state index in [0.717, 1.165) is 12.0 Å². The molecule has 118 valence electrons. The van der Waals surface area contributed by atoms with Crippen LogP contribution in [0.1, 0.15) is 34.1 Å². The lowest BCUT2D eigenvalue weighted by Crippen LogP contribution is -2.46. The summed E-state index contributed by atoms with van der Waals surface area (Å²) in [5, 5.41) is 11.1. The molecule has 0 radical (unpaired) electrons. The number of amides is 1. The fourth-order valence-electron chi connectivity index (χ4n) is 1.68. The molecular formula is C16H21N3O2S. The molecule has 1 atom stereocenters. The monoisotopic (exact) mass is 319 g/mol. The third kappa shape index (κ3) is 4.34. The van der Waals surface area contributed by atoms with Gasteiger partial charge in [0.15, 0.2) is 0 Å². The average Bonchev–Trinajstić information content (AvgIpc) is 2.96. The molecule has 1 aromatic carbocycles. The number of aromatic nitrogens is 2. The van der Waals surface area contributed by atoms with Gasteiger partial charge in [-0.15, -0.1) is 10.2 Å². The maximum Gasteiger partial charge on any atom is 0.277 e. The van der Waals surface area contributed by atoms with Crippen molar-refractivity contribution in [3.8, 4) is 11.5 Å². The van der Waals surface area contributed by atoms with Crippen LogP contribution < -0.4 is 5.32 Å². The van der Waals surface area contributed by atoms with Crippen molar-refractivity contribution in [2.45, 2.75) is 50.1 Å². The Morgan fingerprint density at radius 2 is 2.00 bits per heavy atom. The molecule has 6 heteroatoms. The first-order valence-corrected chi connectivity index (χ1v) is 8.17. The lowest BCUT2D eigenvalue weighted by atomic mass is 10.0. The van der Waals surface area contributed by atoms with E-state index in [2.05, 4.69) is 15.5 Å². The van der Waals surface area contributed by atoms with Crippen molar-refractivity contribution in [1.29, 1.82) is 0 Å². The normalized spacial score (nSPS) is 12.9. The maximum absolute atomic E-state index is 12.2. The molecule has 1 heterocycles. The second kappa shape index (κ2) is 6.96. The van der Waals surface area contributed by atoms with Crippen LogP contribution in [0, 0.1) is 0 Å². The molecule has 22 heavy (non-hydrogen) atoms. The number of carbonyl (C=O) groups excluding carboxylic acids is 1. The fourth-order valence-corrected chi connectivity index (χ4v) is 2.37. The highest BCUT2D eigenvalue weighted by Gasteiger charge is 2.24. The van der Waals surface area contributed by atoms with Crippen molar-refractivity contribution in [1.82, 2.24) is 15.5 Å². The molecule has 0 aliphatic heterocycles. The molecule has 2 aromatic rings. The van der Waals surface area contributed by atoms with Gasteiger partial charge >= 0.3 is 0 Å². The Labute approximate surface area is 134 Å². The molecular weight excluding hydrogens is 298 g/mol. The van der Waals surface area contributed by atoms with Gasteiger partial charge in [-0.2, -0.15) is 0 Å². The lowest BCUT2D eigenvalue weighted by molar-refractivity contribution is -0.121. The zero-order valence-electron chi connectivity index (χ0n) is 13.3. The molecule has 0 saturated heterocycles. The Morgan fingerprint density at radius 1 is 1.32 bits per heavy atom. The van der Waals surface area contributed by atoms with Gasteiger partial charge in [-0.1, -0.05) is 36.9 Å². The summed E-state index contributed by atoms with van der Waals surface area (Å²) in [6.07, 6.45) is 0.870. The molecule has 0 spiro atoms. The van der Waals surface area contributed by atoms with Crippen LogP contribution >= 0.6 is 11.8 Å². The van der Waals surface area contributed by atoms with Crippen LogP contribution in [0.5, 0.6) is 0 Å². The average molecular weight is 319 g/mol. The molecule has 1 N–H and O–H groups in total. The zero-order valence-corrected chi connectivity index (χ0v) is 14.1. The van der Waals surface area contributed by atoms with E-state index in [0.29, 0.717) is 11.1 Å². The Hall–Kier alpha value is -1.82. The highest BCUT2D eigenvalue weighted by Crippen LogP contribution is 2.26. The summed E-state index contributed by atoms with van der Waals surface area (Å²) < 4.78 is 5.61. The molecule has 0 aliphatic rings. The van der Waals surface area contributed by atoms with Crippen molar-refractivity contribution < 1.29 is 9.21 Å². The quantitative estimate of drug-likeness (QED) is 0.825. The predicted molar refractivity (Wildman–Crippen MR) is 87.6 cm³/mol. The largest absolute Gasteiger partial charge is 0.411 e. The van der Waals surface area contributed by atoms with Crippen LogP contribution in [0.2, 0.25) is 0 Å². The maximum atomic E-state index is 12.2. The van der Waals surface area contributed by atoms with Crippen molar-refractivity contribution in [3.05, 3.63) is 30.3 Å². The molecule has 0 bridgehead atoms. The number of nitrogens with one attached hydrogen (secondary N) is 1. The van der Waals surface area contributed by atoms with Gasteiger partial charge in [0.2, 0.25) is 11.8 Å². The van der Waals surface area contributed by atoms with Gasteiger partial charge in [0.05, 0.1) is 5.25 Å². The molecule has 0 aliphatic carbocycles. The molecule has 1 unspecified atom stereocenters. The minimum Gasteiger partial charge on any atom is -0.411 e. The zero-order chi connectivity index (χ0) is 16.2. The topological polar surface area (TPSA) is 68.0 Å². The minimum absolute atomic E-state index is 0.0312. The van der Waals surface area contributed by atoms with E-state index in [9.17, 15) is 4.79 Å². The summed E-state index contributed by atoms with van der Waals surface area (Å²) >= 11 is 1.27. The first kappa shape index (κ1) is 16.5. The SMILES string of the molecule is CCC(C)(C)NC(=O)C(C)Sc1nnc(-c2ccccc2)o1. The fraction of sp³-hybridized carbons (Fsp3) is 0.438. The molecule has 1 amide bonds. The first-order valence-electron chi connectivity index (χ1n) is 7.29. The third-order valence-electron chi connectivity index (χ3n) is 3.42. The van der Waals surface area contributed by atoms with Gasteiger partial charge in [-0.3, -0.25) is 4.79 Å². The van der Waals surface area contributed by atoms with Gasteiger partial charge in [0, 0.05) is 11.1 Å². The number of carbonyl (C=O) groups is 1. The van der Waals surface area contributed by atoms with Crippen LogP contribution in [0.3, 0.4) is 0 Å². The van der Waals surface area contributed by atoms with Crippen LogP contribution in [0.4, 0.5) is 0 Å². The molecule has 0 fully saturated rings. The number of hydrogen-bond acceptors (Lipinski definition) is 5. The molecule has 5 nitrogen and oxygen atoms in total. The van der Waals surface area contributed by atoms with E-state index < -0.39 is 0 Å². The van der Waals surface area contributed by atoms with Gasteiger partial charge in [-0.25, -0.2) is 0 Å². The Bertz CT molecular complexity index is 625. The lowest BCUT2D eigenvalue weighted by Gasteiger charge is -2.25. The number of nitrogens with zero attached hydrogens (tertiary/aromatic N) is 2. The summed E-state index contributed by atoms with van der Waals surface area (Å²) in [4.78, 5) is 12.2. The molecule has 0 saturated carbocycles. The Kier molecular flexibility index (Phi) is 5.24. The first-order chi connectivity index (χ1) is 10.4. The second-order valence-electron chi connectivity index (χ2n) is 5.73. The van der Waals surface area contributed by atoms with Gasteiger partial charge in [0.25, 0.3) is 5.22 Å². The van der Waals surface area contributed by atoms with Gasteiger partial charge in [0.1, 0.15) is 0 Å². The van der Waals surface area contributed by atoms with Crippen molar-refractivity contribution in [3.63, 3.8) is 0 Å². The summed E-state index contributed by atoms with van der Waals surface area (Å²) in [6, 6.07) is 9.56. The van der Waals surface area contributed by atoms with E-state index in [1.807, 2.05) is 58.0 Å². The second-order valence-corrected chi connectivity index (χ2v) is 7.02. The summed E-state index contributed by atoms with van der Waals surface area (Å²) in [7, 11) is 0. The van der Waals surface area contributed by atoms with Crippen LogP contribution in [-0.2, 0) is 4.79 Å². The van der Waals surface area contributed by atoms with Gasteiger partial charge in [-0.05, 0) is 39.3 Å². The Balaban J connectivity index is 1.99.